The second-order valence-corrected chi connectivity index (χ2v) is 1.94. The van der Waals surface area contributed by atoms with Crippen molar-refractivity contribution >= 4 is 0 Å². The van der Waals surface area contributed by atoms with Gasteiger partial charge in [-0.25, -0.2) is 0 Å². The normalized spacial score (nSPS) is 13.2. The number of benzene rings is 1. The summed E-state index contributed by atoms with van der Waals surface area (Å²) in [7, 11) is 0. The molecule has 1 rings (SSSR count). The molecule has 0 amide bonds. The lowest BCUT2D eigenvalue weighted by Crippen LogP contribution is -1.78. The van der Waals surface area contributed by atoms with Crippen LogP contribution in [0.5, 0.6) is 0 Å². The van der Waals surface area contributed by atoms with Gasteiger partial charge in [0.2, 0.25) is 0 Å². The third kappa shape index (κ3) is 1.35. The highest BCUT2D eigenvalue weighted by atomic mass is 14.2. The van der Waals surface area contributed by atoms with Crippen LogP contribution in [-0.2, 0) is 6.37 Å². The van der Waals surface area contributed by atoms with Crippen molar-refractivity contribution < 1.29 is 2.74 Å². The average Bonchev–Trinajstić information content (AvgIpc) is 2.03. The van der Waals surface area contributed by atoms with Crippen LogP contribution in [0.15, 0.2) is 24.3 Å². The SMILES string of the molecule is [2H]C([2H])(C)c1ccc(C#N)cc1. The highest BCUT2D eigenvalue weighted by Crippen LogP contribution is 2.02. The second-order valence-electron chi connectivity index (χ2n) is 1.94. The molecule has 0 fully saturated rings. The third-order valence-corrected chi connectivity index (χ3v) is 1.30. The Hall–Kier alpha value is -1.29. The molecule has 0 bridgehead atoms. The van der Waals surface area contributed by atoms with E-state index >= 15 is 0 Å². The van der Waals surface area contributed by atoms with Crippen molar-refractivity contribution in [2.75, 3.05) is 0 Å². The van der Waals surface area contributed by atoms with Crippen LogP contribution in [0.1, 0.15) is 20.8 Å². The van der Waals surface area contributed by atoms with Crippen molar-refractivity contribution in [3.8, 4) is 6.07 Å². The van der Waals surface area contributed by atoms with Crippen LogP contribution in [0.2, 0.25) is 0 Å². The Morgan fingerprint density at radius 1 is 1.50 bits per heavy atom. The first-order valence-electron chi connectivity index (χ1n) is 4.04. The maximum absolute atomic E-state index is 8.49. The van der Waals surface area contributed by atoms with Gasteiger partial charge < -0.3 is 0 Å². The van der Waals surface area contributed by atoms with E-state index < -0.39 is 6.37 Å². The van der Waals surface area contributed by atoms with E-state index in [1.54, 1.807) is 24.3 Å². The van der Waals surface area contributed by atoms with Gasteiger partial charge in [0.15, 0.2) is 0 Å². The van der Waals surface area contributed by atoms with Gasteiger partial charge >= 0.3 is 0 Å². The summed E-state index contributed by atoms with van der Waals surface area (Å²) in [5.41, 5.74) is 1.16. The van der Waals surface area contributed by atoms with E-state index in [2.05, 4.69) is 0 Å². The van der Waals surface area contributed by atoms with Gasteiger partial charge in [-0.05, 0) is 24.1 Å². The fourth-order valence-electron chi connectivity index (χ4n) is 0.711. The molecule has 0 heterocycles. The average molecular weight is 133 g/mol. The Kier molecular flexibility index (Phi) is 1.37. The molecule has 0 saturated carbocycles. The third-order valence-electron chi connectivity index (χ3n) is 1.30. The monoisotopic (exact) mass is 133 g/mol. The van der Waals surface area contributed by atoms with E-state index in [-0.39, 0.29) is 0 Å². The minimum Gasteiger partial charge on any atom is -0.192 e. The van der Waals surface area contributed by atoms with E-state index in [1.807, 2.05) is 6.07 Å². The first kappa shape index (κ1) is 4.51. The van der Waals surface area contributed by atoms with E-state index in [1.165, 1.54) is 6.92 Å². The zero-order valence-electron chi connectivity index (χ0n) is 7.76. The van der Waals surface area contributed by atoms with Crippen molar-refractivity contribution in [1.29, 1.82) is 5.26 Å². The molecule has 1 heteroatoms. The summed E-state index contributed by atoms with van der Waals surface area (Å²) >= 11 is 0. The molecule has 0 unspecified atom stereocenters. The maximum Gasteiger partial charge on any atom is 0.0991 e. The molecule has 1 aromatic carbocycles. The molecule has 0 spiro atoms. The van der Waals surface area contributed by atoms with Crippen molar-refractivity contribution in [2.24, 2.45) is 0 Å². The standard InChI is InChI=1S/C9H9N/c1-2-8-3-5-9(7-10)6-4-8/h3-6H,2H2,1H3/i2D2. The molecule has 50 valence electrons. The largest absolute Gasteiger partial charge is 0.192 e. The number of aryl methyl sites for hydroxylation is 1. The highest BCUT2D eigenvalue weighted by Gasteiger charge is 1.88. The lowest BCUT2D eigenvalue weighted by molar-refractivity contribution is 1.14. The van der Waals surface area contributed by atoms with Crippen molar-refractivity contribution in [3.63, 3.8) is 0 Å². The quantitative estimate of drug-likeness (QED) is 0.575. The van der Waals surface area contributed by atoms with Crippen LogP contribution in [0, 0.1) is 11.3 Å². The topological polar surface area (TPSA) is 23.8 Å². The summed E-state index contributed by atoms with van der Waals surface area (Å²) in [4.78, 5) is 0. The molecular formula is C9H9N. The lowest BCUT2D eigenvalue weighted by atomic mass is 10.1. The second kappa shape index (κ2) is 3.03. The summed E-state index contributed by atoms with van der Waals surface area (Å²) in [6.45, 7) is 1.49. The molecule has 0 aliphatic heterocycles. The van der Waals surface area contributed by atoms with Gasteiger partial charge in [-0.1, -0.05) is 19.1 Å². The van der Waals surface area contributed by atoms with Crippen LogP contribution in [-0.4, -0.2) is 0 Å². The molecule has 10 heavy (non-hydrogen) atoms. The minimum atomic E-state index is -1.33. The Bertz CT molecular complexity index is 303. The fourth-order valence-corrected chi connectivity index (χ4v) is 0.711. The smallest absolute Gasteiger partial charge is 0.0991 e. The molecule has 0 atom stereocenters. The molecule has 0 saturated heterocycles. The Morgan fingerprint density at radius 2 is 2.10 bits per heavy atom. The zero-order valence-corrected chi connectivity index (χ0v) is 5.76. The molecule has 1 aromatic rings. The summed E-state index contributed by atoms with van der Waals surface area (Å²) in [5.74, 6) is 0. The number of nitriles is 1. The minimum absolute atomic E-state index is 0.558. The Morgan fingerprint density at radius 3 is 2.50 bits per heavy atom. The zero-order chi connectivity index (χ0) is 9.19. The molecule has 0 aromatic heterocycles. The van der Waals surface area contributed by atoms with Gasteiger partial charge in [0, 0.05) is 2.74 Å². The van der Waals surface area contributed by atoms with Crippen LogP contribution in [0.4, 0.5) is 0 Å². The van der Waals surface area contributed by atoms with Gasteiger partial charge in [-0.15, -0.1) is 0 Å². The van der Waals surface area contributed by atoms with E-state index in [4.69, 9.17) is 8.00 Å². The molecule has 0 radical (unpaired) electrons. The van der Waals surface area contributed by atoms with Gasteiger partial charge in [0.05, 0.1) is 11.6 Å². The molecule has 0 N–H and O–H groups in total. The molecule has 1 nitrogen and oxygen atoms in total. The van der Waals surface area contributed by atoms with Crippen LogP contribution >= 0.6 is 0 Å². The fraction of sp³-hybridized carbons (Fsp3) is 0.222. The Labute approximate surface area is 63.7 Å². The molecular weight excluding hydrogens is 122 g/mol. The van der Waals surface area contributed by atoms with Crippen molar-refractivity contribution in [2.45, 2.75) is 13.3 Å². The number of hydrogen-bond donors (Lipinski definition) is 0. The first-order chi connectivity index (χ1) is 5.54. The first-order valence-corrected chi connectivity index (χ1v) is 3.04. The van der Waals surface area contributed by atoms with Crippen LogP contribution in [0.3, 0.4) is 0 Å². The van der Waals surface area contributed by atoms with Gasteiger partial charge in [0.1, 0.15) is 0 Å². The van der Waals surface area contributed by atoms with Crippen molar-refractivity contribution in [3.05, 3.63) is 35.4 Å². The lowest BCUT2D eigenvalue weighted by Gasteiger charge is -1.92. The van der Waals surface area contributed by atoms with Crippen LogP contribution in [0.25, 0.3) is 0 Å². The van der Waals surface area contributed by atoms with Crippen molar-refractivity contribution in [1.82, 2.24) is 0 Å². The maximum atomic E-state index is 8.49. The van der Waals surface area contributed by atoms with Gasteiger partial charge in [0.25, 0.3) is 0 Å². The van der Waals surface area contributed by atoms with E-state index in [9.17, 15) is 0 Å². The van der Waals surface area contributed by atoms with Gasteiger partial charge in [-0.2, -0.15) is 5.26 Å². The molecule has 0 aliphatic rings. The van der Waals surface area contributed by atoms with Crippen LogP contribution < -0.4 is 0 Å². The van der Waals surface area contributed by atoms with E-state index in [0.717, 1.165) is 0 Å². The molecule has 0 aliphatic carbocycles. The number of rotatable bonds is 1. The van der Waals surface area contributed by atoms with Gasteiger partial charge in [-0.3, -0.25) is 0 Å². The van der Waals surface area contributed by atoms with E-state index in [0.29, 0.717) is 11.1 Å². The number of nitrogens with zero attached hydrogens (tertiary/aromatic N) is 1. The summed E-state index contributed by atoms with van der Waals surface area (Å²) in [6.07, 6.45) is -1.33. The predicted molar refractivity (Wildman–Crippen MR) is 40.5 cm³/mol. The summed E-state index contributed by atoms with van der Waals surface area (Å²) < 4.78 is 14.8. The number of hydrogen-bond acceptors (Lipinski definition) is 1. The highest BCUT2D eigenvalue weighted by molar-refractivity contribution is 5.31. The Balaban J connectivity index is 3.02. The summed E-state index contributed by atoms with van der Waals surface area (Å²) in [6, 6.07) is 8.50. The summed E-state index contributed by atoms with van der Waals surface area (Å²) in [5, 5.41) is 8.49. The predicted octanol–water partition coefficient (Wildman–Crippen LogP) is 2.12.